The third kappa shape index (κ3) is 3.20. The molecule has 2 rings (SSSR count). The molecule has 0 saturated carbocycles. The lowest BCUT2D eigenvalue weighted by atomic mass is 10.1. The smallest absolute Gasteiger partial charge is 0.362 e. The Labute approximate surface area is 109 Å². The Kier molecular flexibility index (Phi) is 3.22. The van der Waals surface area contributed by atoms with E-state index in [9.17, 15) is 16.8 Å². The van der Waals surface area contributed by atoms with Gasteiger partial charge in [0.25, 0.3) is 10.1 Å². The molecule has 0 aliphatic carbocycles. The molecule has 0 amide bonds. The van der Waals surface area contributed by atoms with E-state index < -0.39 is 20.5 Å². The zero-order chi connectivity index (χ0) is 14.3. The van der Waals surface area contributed by atoms with E-state index in [4.69, 9.17) is 9.11 Å². The van der Waals surface area contributed by atoms with Gasteiger partial charge in [0.2, 0.25) is 0 Å². The minimum absolute atomic E-state index is 0.0751. The molecule has 2 aromatic rings. The van der Waals surface area contributed by atoms with Crippen molar-refractivity contribution in [3.63, 3.8) is 0 Å². The molecule has 9 heteroatoms. The van der Waals surface area contributed by atoms with Crippen LogP contribution >= 0.6 is 0 Å². The fourth-order valence-electron chi connectivity index (χ4n) is 1.62. The lowest BCUT2D eigenvalue weighted by molar-refractivity contribution is 0.387. The van der Waals surface area contributed by atoms with E-state index >= 15 is 0 Å². The molecule has 102 valence electrons. The minimum atomic E-state index is -4.71. The first kappa shape index (κ1) is 13.7. The molecule has 2 N–H and O–H groups in total. The summed E-state index contributed by atoms with van der Waals surface area (Å²) in [6.45, 7) is 0. The number of benzene rings is 2. The first-order chi connectivity index (χ1) is 8.67. The van der Waals surface area contributed by atoms with Gasteiger partial charge in [-0.1, -0.05) is 18.2 Å². The zero-order valence-electron chi connectivity index (χ0n) is 9.22. The molecular formula is C10H8O7S2. The average Bonchev–Trinajstić information content (AvgIpc) is 2.24. The topological polar surface area (TPSA) is 118 Å². The highest BCUT2D eigenvalue weighted by molar-refractivity contribution is 7.86. The molecule has 2 aromatic carbocycles. The fraction of sp³-hybridized carbons (Fsp3) is 0. The van der Waals surface area contributed by atoms with Gasteiger partial charge in [0.05, 0.1) is 0 Å². The normalized spacial score (nSPS) is 12.5. The molecule has 0 atom stereocenters. The molecule has 0 radical (unpaired) electrons. The first-order valence-electron chi connectivity index (χ1n) is 4.84. The molecule has 0 aliphatic rings. The third-order valence-corrected chi connectivity index (χ3v) is 3.61. The molecule has 0 saturated heterocycles. The Balaban J connectivity index is 2.71. The van der Waals surface area contributed by atoms with Gasteiger partial charge in [-0.15, -0.1) is 0 Å². The van der Waals surface area contributed by atoms with E-state index in [-0.39, 0.29) is 16.0 Å². The Bertz CT molecular complexity index is 837. The van der Waals surface area contributed by atoms with Crippen molar-refractivity contribution in [2.45, 2.75) is 4.90 Å². The maximum atomic E-state index is 11.2. The summed E-state index contributed by atoms with van der Waals surface area (Å²) in [5.74, 6) is -0.272. The highest BCUT2D eigenvalue weighted by Crippen LogP contribution is 2.27. The van der Waals surface area contributed by atoms with Crippen molar-refractivity contribution in [2.75, 3.05) is 0 Å². The summed E-state index contributed by atoms with van der Waals surface area (Å²) in [4.78, 5) is -0.384. The van der Waals surface area contributed by atoms with Gasteiger partial charge in [-0.3, -0.25) is 9.11 Å². The van der Waals surface area contributed by atoms with Crippen molar-refractivity contribution >= 4 is 31.3 Å². The van der Waals surface area contributed by atoms with Crippen LogP contribution in [-0.2, 0) is 20.5 Å². The summed E-state index contributed by atoms with van der Waals surface area (Å²) < 4.78 is 65.4. The number of rotatable bonds is 3. The summed E-state index contributed by atoms with van der Waals surface area (Å²) in [7, 11) is -9.16. The maximum absolute atomic E-state index is 11.2. The average molecular weight is 304 g/mol. The SMILES string of the molecule is O=S(=O)(O)Oc1ccc2cccc(S(=O)(=O)O)c2c1. The predicted octanol–water partition coefficient (Wildman–Crippen LogP) is 1.27. The van der Waals surface area contributed by atoms with Gasteiger partial charge in [-0.2, -0.15) is 16.8 Å². The van der Waals surface area contributed by atoms with E-state index in [1.165, 1.54) is 18.2 Å². The third-order valence-electron chi connectivity index (χ3n) is 2.29. The van der Waals surface area contributed by atoms with Gasteiger partial charge in [0.1, 0.15) is 10.6 Å². The van der Waals surface area contributed by atoms with Crippen LogP contribution in [0, 0.1) is 0 Å². The quantitative estimate of drug-likeness (QED) is 0.819. The second-order valence-corrected chi connectivity index (χ2v) is 6.04. The van der Waals surface area contributed by atoms with Crippen LogP contribution in [0.3, 0.4) is 0 Å². The molecule has 0 heterocycles. The monoisotopic (exact) mass is 304 g/mol. The highest BCUT2D eigenvalue weighted by Gasteiger charge is 2.15. The van der Waals surface area contributed by atoms with Crippen LogP contribution in [0.1, 0.15) is 0 Å². The van der Waals surface area contributed by atoms with Crippen LogP contribution in [0.15, 0.2) is 41.3 Å². The van der Waals surface area contributed by atoms with Crippen molar-refractivity contribution in [3.05, 3.63) is 36.4 Å². The van der Waals surface area contributed by atoms with Crippen LogP contribution in [0.5, 0.6) is 5.75 Å². The van der Waals surface area contributed by atoms with Crippen LogP contribution < -0.4 is 4.18 Å². The zero-order valence-corrected chi connectivity index (χ0v) is 10.8. The summed E-state index contributed by atoms with van der Waals surface area (Å²) in [6.07, 6.45) is 0. The Morgan fingerprint density at radius 1 is 0.947 bits per heavy atom. The molecule has 0 fully saturated rings. The van der Waals surface area contributed by atoms with E-state index in [1.807, 2.05) is 0 Å². The second-order valence-electron chi connectivity index (χ2n) is 3.63. The number of hydrogen-bond donors (Lipinski definition) is 2. The summed E-state index contributed by atoms with van der Waals surface area (Å²) in [6, 6.07) is 7.88. The van der Waals surface area contributed by atoms with E-state index in [1.54, 1.807) is 6.07 Å². The molecule has 7 nitrogen and oxygen atoms in total. The molecule has 0 bridgehead atoms. The van der Waals surface area contributed by atoms with Gasteiger partial charge < -0.3 is 4.18 Å². The number of hydrogen-bond acceptors (Lipinski definition) is 5. The Morgan fingerprint density at radius 2 is 1.63 bits per heavy atom. The summed E-state index contributed by atoms with van der Waals surface area (Å²) >= 11 is 0. The minimum Gasteiger partial charge on any atom is -0.362 e. The molecular weight excluding hydrogens is 296 g/mol. The van der Waals surface area contributed by atoms with Crippen molar-refractivity contribution in [3.8, 4) is 5.75 Å². The molecule has 0 spiro atoms. The van der Waals surface area contributed by atoms with Gasteiger partial charge in [-0.25, -0.2) is 0 Å². The van der Waals surface area contributed by atoms with Gasteiger partial charge in [0.15, 0.2) is 0 Å². The lowest BCUT2D eigenvalue weighted by Gasteiger charge is -2.06. The Hall–Kier alpha value is -1.68. The van der Waals surface area contributed by atoms with Crippen LogP contribution in [0.25, 0.3) is 10.8 Å². The van der Waals surface area contributed by atoms with Crippen LogP contribution in [0.4, 0.5) is 0 Å². The predicted molar refractivity (Wildman–Crippen MR) is 65.9 cm³/mol. The first-order valence-corrected chi connectivity index (χ1v) is 7.64. The molecule has 19 heavy (non-hydrogen) atoms. The Morgan fingerprint density at radius 3 is 2.21 bits per heavy atom. The standard InChI is InChI=1S/C10H8O7S2/c11-18(12,13)10-3-1-2-7-4-5-8(6-9(7)10)17-19(14,15)16/h1-6H,(H,11,12,13)(H,14,15,16). The highest BCUT2D eigenvalue weighted by atomic mass is 32.3. The van der Waals surface area contributed by atoms with Crippen molar-refractivity contribution in [1.82, 2.24) is 0 Å². The largest absolute Gasteiger partial charge is 0.446 e. The van der Waals surface area contributed by atoms with E-state index in [0.717, 1.165) is 12.1 Å². The summed E-state index contributed by atoms with van der Waals surface area (Å²) in [5.41, 5.74) is 0. The second kappa shape index (κ2) is 4.46. The lowest BCUT2D eigenvalue weighted by Crippen LogP contribution is -2.06. The van der Waals surface area contributed by atoms with E-state index in [2.05, 4.69) is 4.18 Å². The van der Waals surface area contributed by atoms with E-state index in [0.29, 0.717) is 5.39 Å². The summed E-state index contributed by atoms with van der Waals surface area (Å²) in [5, 5.41) is 0.531. The van der Waals surface area contributed by atoms with Gasteiger partial charge in [-0.05, 0) is 23.6 Å². The van der Waals surface area contributed by atoms with Crippen LogP contribution in [0.2, 0.25) is 0 Å². The van der Waals surface area contributed by atoms with Gasteiger partial charge >= 0.3 is 10.4 Å². The van der Waals surface area contributed by atoms with Crippen molar-refractivity contribution in [2.24, 2.45) is 0 Å². The van der Waals surface area contributed by atoms with Crippen molar-refractivity contribution in [1.29, 1.82) is 0 Å². The van der Waals surface area contributed by atoms with Crippen LogP contribution in [-0.4, -0.2) is 25.9 Å². The number of fused-ring (bicyclic) bond motifs is 1. The molecule has 0 aromatic heterocycles. The van der Waals surface area contributed by atoms with Crippen molar-refractivity contribution < 1.29 is 30.1 Å². The maximum Gasteiger partial charge on any atom is 0.446 e. The molecule has 0 aliphatic heterocycles. The van der Waals surface area contributed by atoms with Gasteiger partial charge in [0, 0.05) is 5.39 Å². The fourth-order valence-corrected chi connectivity index (χ4v) is 2.67. The molecule has 0 unspecified atom stereocenters.